The lowest BCUT2D eigenvalue weighted by Crippen LogP contribution is -2.32. The number of hydrogen-bond acceptors (Lipinski definition) is 2. The van der Waals surface area contributed by atoms with Crippen LogP contribution in [0.5, 0.6) is 0 Å². The summed E-state index contributed by atoms with van der Waals surface area (Å²) in [5, 5.41) is 2.14. The molecule has 0 spiro atoms. The molecule has 0 saturated heterocycles. The lowest BCUT2D eigenvalue weighted by molar-refractivity contribution is -0.687. The molecule has 3 rings (SSSR count). The average molecular weight is 436 g/mol. The Labute approximate surface area is 193 Å². The average Bonchev–Trinajstić information content (AvgIpc) is 3.32. The zero-order valence-corrected chi connectivity index (χ0v) is 20.2. The van der Waals surface area contributed by atoms with E-state index in [0.29, 0.717) is 0 Å². The van der Waals surface area contributed by atoms with E-state index in [2.05, 4.69) is 89.6 Å². The van der Waals surface area contributed by atoms with E-state index in [9.17, 15) is 0 Å². The summed E-state index contributed by atoms with van der Waals surface area (Å²) in [6.45, 7) is 7.86. The number of anilines is 1. The fourth-order valence-electron chi connectivity index (χ4n) is 4.05. The molecule has 0 aliphatic carbocycles. The highest BCUT2D eigenvalue weighted by Gasteiger charge is 2.10. The number of rotatable bonds is 14. The van der Waals surface area contributed by atoms with E-state index < -0.39 is 0 Å². The van der Waals surface area contributed by atoms with Crippen molar-refractivity contribution in [2.24, 2.45) is 0 Å². The standard InChI is InChI=1S/C28H39N2S/c1-3-5-7-9-18-30(19-10-8-6-4-2)27-14-11-13-26(23-27)25-16-20-29(21-17-25)24-28-15-12-22-31-28/h11-17,20-23H,3-10,18-19,24H2,1-2H3/q+1. The molecular formula is C28H39N2S+. The summed E-state index contributed by atoms with van der Waals surface area (Å²) in [5.41, 5.74) is 3.98. The van der Waals surface area contributed by atoms with Crippen LogP contribution in [-0.2, 0) is 6.54 Å². The van der Waals surface area contributed by atoms with Crippen molar-refractivity contribution in [3.05, 3.63) is 71.2 Å². The first-order chi connectivity index (χ1) is 15.3. The minimum Gasteiger partial charge on any atom is -0.372 e. The summed E-state index contributed by atoms with van der Waals surface area (Å²) in [6.07, 6.45) is 15.0. The van der Waals surface area contributed by atoms with Crippen LogP contribution >= 0.6 is 11.3 Å². The predicted molar refractivity (Wildman–Crippen MR) is 136 cm³/mol. The van der Waals surface area contributed by atoms with Crippen molar-refractivity contribution >= 4 is 17.0 Å². The van der Waals surface area contributed by atoms with Gasteiger partial charge in [0.05, 0.1) is 4.88 Å². The van der Waals surface area contributed by atoms with Gasteiger partial charge in [-0.1, -0.05) is 70.6 Å². The van der Waals surface area contributed by atoms with E-state index in [0.717, 1.165) is 6.54 Å². The zero-order chi connectivity index (χ0) is 21.7. The Morgan fingerprint density at radius 3 is 2.06 bits per heavy atom. The maximum Gasteiger partial charge on any atom is 0.182 e. The van der Waals surface area contributed by atoms with Crippen molar-refractivity contribution in [2.45, 2.75) is 71.8 Å². The molecular weight excluding hydrogens is 396 g/mol. The largest absolute Gasteiger partial charge is 0.372 e. The van der Waals surface area contributed by atoms with Gasteiger partial charge in [-0.05, 0) is 47.5 Å². The van der Waals surface area contributed by atoms with Crippen molar-refractivity contribution in [3.8, 4) is 11.1 Å². The first-order valence-electron chi connectivity index (χ1n) is 12.2. The van der Waals surface area contributed by atoms with Gasteiger partial charge in [-0.25, -0.2) is 0 Å². The summed E-state index contributed by atoms with van der Waals surface area (Å²) in [4.78, 5) is 4.01. The Bertz CT molecular complexity index is 843. The number of aromatic nitrogens is 1. The lowest BCUT2D eigenvalue weighted by Gasteiger charge is -2.25. The Morgan fingerprint density at radius 2 is 1.45 bits per heavy atom. The molecule has 0 aliphatic heterocycles. The van der Waals surface area contributed by atoms with E-state index in [4.69, 9.17) is 0 Å². The van der Waals surface area contributed by atoms with Crippen LogP contribution in [0.25, 0.3) is 11.1 Å². The van der Waals surface area contributed by atoms with E-state index >= 15 is 0 Å². The van der Waals surface area contributed by atoms with Crippen molar-refractivity contribution in [2.75, 3.05) is 18.0 Å². The number of benzene rings is 1. The molecule has 1 aromatic carbocycles. The number of hydrogen-bond donors (Lipinski definition) is 0. The zero-order valence-electron chi connectivity index (χ0n) is 19.4. The normalized spacial score (nSPS) is 11.0. The van der Waals surface area contributed by atoms with Crippen LogP contribution < -0.4 is 9.47 Å². The highest BCUT2D eigenvalue weighted by molar-refractivity contribution is 7.09. The molecule has 0 bridgehead atoms. The van der Waals surface area contributed by atoms with Gasteiger partial charge in [-0.2, -0.15) is 4.57 Å². The highest BCUT2D eigenvalue weighted by atomic mass is 32.1. The fourth-order valence-corrected chi connectivity index (χ4v) is 4.76. The number of thiophene rings is 1. The summed E-state index contributed by atoms with van der Waals surface area (Å²) in [5.74, 6) is 0. The van der Waals surface area contributed by atoms with Crippen molar-refractivity contribution in [3.63, 3.8) is 0 Å². The van der Waals surface area contributed by atoms with Gasteiger partial charge in [0.15, 0.2) is 18.9 Å². The third kappa shape index (κ3) is 7.81. The van der Waals surface area contributed by atoms with Crippen LogP contribution in [0.2, 0.25) is 0 Å². The van der Waals surface area contributed by atoms with Gasteiger partial charge in [-0.3, -0.25) is 0 Å². The molecule has 0 N–H and O–H groups in total. The van der Waals surface area contributed by atoms with Crippen LogP contribution in [0.1, 0.15) is 70.1 Å². The number of unbranched alkanes of at least 4 members (excludes halogenated alkanes) is 6. The molecule has 0 unspecified atom stereocenters. The summed E-state index contributed by atoms with van der Waals surface area (Å²) >= 11 is 1.82. The van der Waals surface area contributed by atoms with Crippen LogP contribution in [0.4, 0.5) is 5.69 Å². The first kappa shape index (κ1) is 23.5. The highest BCUT2D eigenvalue weighted by Crippen LogP contribution is 2.25. The van der Waals surface area contributed by atoms with Gasteiger partial charge < -0.3 is 4.90 Å². The van der Waals surface area contributed by atoms with Crippen LogP contribution in [0, 0.1) is 0 Å². The molecule has 0 amide bonds. The first-order valence-corrected chi connectivity index (χ1v) is 13.0. The third-order valence-corrected chi connectivity index (χ3v) is 6.78. The minimum atomic E-state index is 0.946. The van der Waals surface area contributed by atoms with Gasteiger partial charge >= 0.3 is 0 Å². The maximum atomic E-state index is 2.62. The SMILES string of the molecule is CCCCCCN(CCCCCC)c1cccc(-c2cc[n+](Cc3cccs3)cc2)c1. The quantitative estimate of drug-likeness (QED) is 0.186. The second kappa shape index (κ2) is 13.3. The lowest BCUT2D eigenvalue weighted by atomic mass is 10.1. The van der Waals surface area contributed by atoms with Gasteiger partial charge in [0.1, 0.15) is 0 Å². The fraction of sp³-hybridized carbons (Fsp3) is 0.464. The Balaban J connectivity index is 1.68. The van der Waals surface area contributed by atoms with E-state index in [1.807, 2.05) is 11.3 Å². The minimum absolute atomic E-state index is 0.946. The molecule has 3 aromatic rings. The Kier molecular flexibility index (Phi) is 10.1. The molecule has 2 nitrogen and oxygen atoms in total. The van der Waals surface area contributed by atoms with E-state index in [-0.39, 0.29) is 0 Å². The number of nitrogens with zero attached hydrogens (tertiary/aromatic N) is 2. The van der Waals surface area contributed by atoms with Crippen molar-refractivity contribution < 1.29 is 4.57 Å². The second-order valence-electron chi connectivity index (χ2n) is 8.50. The molecule has 0 saturated carbocycles. The van der Waals surface area contributed by atoms with Crippen molar-refractivity contribution in [1.82, 2.24) is 0 Å². The molecule has 0 atom stereocenters. The molecule has 166 valence electrons. The molecule has 0 fully saturated rings. The van der Waals surface area contributed by atoms with Crippen LogP contribution in [-0.4, -0.2) is 13.1 Å². The summed E-state index contributed by atoms with van der Waals surface area (Å²) in [7, 11) is 0. The monoisotopic (exact) mass is 435 g/mol. The third-order valence-electron chi connectivity index (χ3n) is 5.92. The Hall–Kier alpha value is -2.13. The molecule has 2 heterocycles. The molecule has 3 heteroatoms. The van der Waals surface area contributed by atoms with E-state index in [1.165, 1.54) is 86.1 Å². The number of pyridine rings is 1. The van der Waals surface area contributed by atoms with E-state index in [1.54, 1.807) is 0 Å². The Morgan fingerprint density at radius 1 is 0.742 bits per heavy atom. The topological polar surface area (TPSA) is 7.12 Å². The van der Waals surface area contributed by atoms with Gasteiger partial charge in [-0.15, -0.1) is 11.3 Å². The van der Waals surface area contributed by atoms with Gasteiger partial charge in [0.2, 0.25) is 0 Å². The summed E-state index contributed by atoms with van der Waals surface area (Å²) in [6, 6.07) is 18.0. The molecule has 31 heavy (non-hydrogen) atoms. The molecule has 2 aromatic heterocycles. The van der Waals surface area contributed by atoms with Gasteiger partial charge in [0.25, 0.3) is 0 Å². The van der Waals surface area contributed by atoms with Crippen molar-refractivity contribution in [1.29, 1.82) is 0 Å². The maximum absolute atomic E-state index is 2.62. The summed E-state index contributed by atoms with van der Waals surface area (Å²) < 4.78 is 2.26. The molecule has 0 aliphatic rings. The smallest absolute Gasteiger partial charge is 0.182 e. The van der Waals surface area contributed by atoms with Crippen LogP contribution in [0.15, 0.2) is 66.3 Å². The van der Waals surface area contributed by atoms with Crippen LogP contribution in [0.3, 0.4) is 0 Å². The predicted octanol–water partition coefficient (Wildman–Crippen LogP) is 7.72. The molecule has 0 radical (unpaired) electrons. The second-order valence-corrected chi connectivity index (χ2v) is 9.53. The van der Waals surface area contributed by atoms with Gasteiger partial charge in [0, 0.05) is 30.9 Å².